The summed E-state index contributed by atoms with van der Waals surface area (Å²) in [6.45, 7) is 7.82. The van der Waals surface area contributed by atoms with Crippen molar-refractivity contribution in [2.75, 3.05) is 34.4 Å². The van der Waals surface area contributed by atoms with Gasteiger partial charge in [0.05, 0.1) is 13.2 Å². The highest BCUT2D eigenvalue weighted by Gasteiger charge is 2.13. The Hall–Kier alpha value is -0.810. The van der Waals surface area contributed by atoms with Crippen molar-refractivity contribution in [3.8, 4) is 0 Å². The van der Waals surface area contributed by atoms with Crippen LogP contribution in [0.25, 0.3) is 0 Å². The van der Waals surface area contributed by atoms with Crippen LogP contribution in [0, 0.1) is 5.92 Å². The highest BCUT2D eigenvalue weighted by molar-refractivity contribution is 5.78. The first-order chi connectivity index (χ1) is 8.36. The van der Waals surface area contributed by atoms with Crippen molar-refractivity contribution in [1.82, 2.24) is 10.2 Å². The lowest BCUT2D eigenvalue weighted by molar-refractivity contribution is 0.179. The molecular weight excluding hydrogens is 228 g/mol. The van der Waals surface area contributed by atoms with Crippen molar-refractivity contribution in [2.24, 2.45) is 16.6 Å². The maximum atomic E-state index is 5.85. The van der Waals surface area contributed by atoms with Gasteiger partial charge < -0.3 is 20.7 Å². The minimum absolute atomic E-state index is 0.182. The van der Waals surface area contributed by atoms with E-state index >= 15 is 0 Å². The number of guanidine groups is 1. The quantitative estimate of drug-likeness (QED) is 0.501. The van der Waals surface area contributed by atoms with Crippen molar-refractivity contribution >= 4 is 5.96 Å². The van der Waals surface area contributed by atoms with Gasteiger partial charge in [-0.3, -0.25) is 4.99 Å². The molecule has 0 amide bonds. The Kier molecular flexibility index (Phi) is 8.75. The molecule has 108 valence electrons. The predicted octanol–water partition coefficient (Wildman–Crippen LogP) is 0.902. The fourth-order valence-corrected chi connectivity index (χ4v) is 1.79. The normalized spacial score (nSPS) is 16.1. The minimum atomic E-state index is 0.182. The van der Waals surface area contributed by atoms with Crippen molar-refractivity contribution in [2.45, 2.75) is 39.3 Å². The van der Waals surface area contributed by atoms with E-state index in [1.54, 1.807) is 7.11 Å². The van der Waals surface area contributed by atoms with Gasteiger partial charge in [0.25, 0.3) is 0 Å². The number of likely N-dealkylation sites (N-methyl/N-ethyl adjacent to an activating group) is 1. The van der Waals surface area contributed by atoms with Crippen LogP contribution in [0.1, 0.15) is 27.2 Å². The van der Waals surface area contributed by atoms with E-state index in [1.807, 2.05) is 6.92 Å². The third kappa shape index (κ3) is 8.31. The standard InChI is InChI=1S/C13H30N4O/c1-10(2)7-12(17(4)5)8-15-13(14)16-11(3)9-18-6/h10-12H,7-9H2,1-6H3,(H3,14,15,16). The van der Waals surface area contributed by atoms with Gasteiger partial charge in [-0.2, -0.15) is 0 Å². The molecule has 0 aromatic carbocycles. The van der Waals surface area contributed by atoms with E-state index < -0.39 is 0 Å². The molecule has 0 rings (SSSR count). The minimum Gasteiger partial charge on any atom is -0.383 e. The largest absolute Gasteiger partial charge is 0.383 e. The van der Waals surface area contributed by atoms with Gasteiger partial charge in [-0.15, -0.1) is 0 Å². The van der Waals surface area contributed by atoms with Crippen LogP contribution in [0.4, 0.5) is 0 Å². The fourth-order valence-electron chi connectivity index (χ4n) is 1.79. The van der Waals surface area contributed by atoms with E-state index in [1.165, 1.54) is 0 Å². The maximum Gasteiger partial charge on any atom is 0.188 e. The Morgan fingerprint density at radius 1 is 1.33 bits per heavy atom. The van der Waals surface area contributed by atoms with E-state index in [2.05, 4.69) is 43.2 Å². The number of methoxy groups -OCH3 is 1. The Labute approximate surface area is 112 Å². The summed E-state index contributed by atoms with van der Waals surface area (Å²) in [6.07, 6.45) is 1.12. The molecule has 0 heterocycles. The predicted molar refractivity (Wildman–Crippen MR) is 77.9 cm³/mol. The second-order valence-electron chi connectivity index (χ2n) is 5.47. The first-order valence-electron chi connectivity index (χ1n) is 6.58. The monoisotopic (exact) mass is 258 g/mol. The molecule has 18 heavy (non-hydrogen) atoms. The SMILES string of the molecule is COCC(C)NC(N)=NCC(CC(C)C)N(C)C. The van der Waals surface area contributed by atoms with Gasteiger partial charge in [0.1, 0.15) is 0 Å². The van der Waals surface area contributed by atoms with E-state index in [-0.39, 0.29) is 6.04 Å². The van der Waals surface area contributed by atoms with Crippen LogP contribution in [0.5, 0.6) is 0 Å². The molecule has 2 unspecified atom stereocenters. The molecule has 5 nitrogen and oxygen atoms in total. The van der Waals surface area contributed by atoms with Gasteiger partial charge in [-0.25, -0.2) is 0 Å². The van der Waals surface area contributed by atoms with Crippen molar-refractivity contribution < 1.29 is 4.74 Å². The summed E-state index contributed by atoms with van der Waals surface area (Å²) < 4.78 is 5.04. The van der Waals surface area contributed by atoms with Gasteiger partial charge in [-0.05, 0) is 33.4 Å². The van der Waals surface area contributed by atoms with Gasteiger partial charge >= 0.3 is 0 Å². The van der Waals surface area contributed by atoms with Crippen LogP contribution < -0.4 is 11.1 Å². The summed E-state index contributed by atoms with van der Waals surface area (Å²) in [5.74, 6) is 1.16. The molecule has 5 heteroatoms. The lowest BCUT2D eigenvalue weighted by Gasteiger charge is -2.24. The Morgan fingerprint density at radius 3 is 2.39 bits per heavy atom. The summed E-state index contributed by atoms with van der Waals surface area (Å²) in [5, 5.41) is 3.11. The van der Waals surface area contributed by atoms with Crippen LogP contribution in [0.2, 0.25) is 0 Å². The average molecular weight is 258 g/mol. The van der Waals surface area contributed by atoms with Gasteiger partial charge in [0.2, 0.25) is 0 Å². The highest BCUT2D eigenvalue weighted by atomic mass is 16.5. The van der Waals surface area contributed by atoms with Crippen molar-refractivity contribution in [3.63, 3.8) is 0 Å². The van der Waals surface area contributed by atoms with E-state index in [0.717, 1.165) is 13.0 Å². The lowest BCUT2D eigenvalue weighted by atomic mass is 10.0. The zero-order valence-corrected chi connectivity index (χ0v) is 12.7. The zero-order valence-electron chi connectivity index (χ0n) is 12.7. The number of rotatable bonds is 8. The molecule has 0 radical (unpaired) electrons. The average Bonchev–Trinajstić information content (AvgIpc) is 2.23. The van der Waals surface area contributed by atoms with Crippen molar-refractivity contribution in [3.05, 3.63) is 0 Å². The number of aliphatic imine (C=N–C) groups is 1. The van der Waals surface area contributed by atoms with Crippen LogP contribution >= 0.6 is 0 Å². The van der Waals surface area contributed by atoms with Gasteiger partial charge in [0.15, 0.2) is 5.96 Å². The van der Waals surface area contributed by atoms with Crippen LogP contribution in [-0.4, -0.2) is 57.3 Å². The summed E-state index contributed by atoms with van der Waals surface area (Å²) in [6, 6.07) is 0.615. The fraction of sp³-hybridized carbons (Fsp3) is 0.923. The number of nitrogens with two attached hydrogens (primary N) is 1. The number of nitrogens with one attached hydrogen (secondary N) is 1. The lowest BCUT2D eigenvalue weighted by Crippen LogP contribution is -2.42. The molecule has 0 saturated heterocycles. The highest BCUT2D eigenvalue weighted by Crippen LogP contribution is 2.09. The molecule has 0 saturated carbocycles. The number of hydrogen-bond acceptors (Lipinski definition) is 3. The smallest absolute Gasteiger partial charge is 0.188 e. The first-order valence-corrected chi connectivity index (χ1v) is 6.58. The molecule has 0 aromatic heterocycles. The Balaban J connectivity index is 4.21. The molecule has 0 aliphatic carbocycles. The van der Waals surface area contributed by atoms with Gasteiger partial charge in [0, 0.05) is 19.2 Å². The van der Waals surface area contributed by atoms with E-state index in [9.17, 15) is 0 Å². The maximum absolute atomic E-state index is 5.85. The second kappa shape index (κ2) is 9.16. The summed E-state index contributed by atoms with van der Waals surface area (Å²) in [7, 11) is 5.84. The third-order valence-corrected chi connectivity index (χ3v) is 2.76. The third-order valence-electron chi connectivity index (χ3n) is 2.76. The molecule has 0 aliphatic rings. The van der Waals surface area contributed by atoms with Crippen LogP contribution in [0.15, 0.2) is 4.99 Å². The molecule has 0 aliphatic heterocycles. The van der Waals surface area contributed by atoms with Crippen molar-refractivity contribution in [1.29, 1.82) is 0 Å². The van der Waals surface area contributed by atoms with Gasteiger partial charge in [-0.1, -0.05) is 13.8 Å². The molecule has 0 fully saturated rings. The molecule has 3 N–H and O–H groups in total. The molecule has 0 aromatic rings. The van der Waals surface area contributed by atoms with E-state index in [0.29, 0.717) is 24.5 Å². The van der Waals surface area contributed by atoms with Crippen LogP contribution in [-0.2, 0) is 4.74 Å². The molecule has 2 atom stereocenters. The summed E-state index contributed by atoms with van der Waals surface area (Å²) >= 11 is 0. The second-order valence-corrected chi connectivity index (χ2v) is 5.47. The Bertz CT molecular complexity index is 241. The summed E-state index contributed by atoms with van der Waals surface area (Å²) in [4.78, 5) is 6.61. The topological polar surface area (TPSA) is 62.9 Å². The molecule has 0 spiro atoms. The summed E-state index contributed by atoms with van der Waals surface area (Å²) in [5.41, 5.74) is 5.85. The Morgan fingerprint density at radius 2 is 1.94 bits per heavy atom. The number of hydrogen-bond donors (Lipinski definition) is 2. The zero-order chi connectivity index (χ0) is 14.1. The van der Waals surface area contributed by atoms with E-state index in [4.69, 9.17) is 10.5 Å². The molecular formula is C13H30N4O. The number of ether oxygens (including phenoxy) is 1. The van der Waals surface area contributed by atoms with Crippen LogP contribution in [0.3, 0.4) is 0 Å². The molecule has 0 bridgehead atoms. The number of nitrogens with zero attached hydrogens (tertiary/aromatic N) is 2. The first kappa shape index (κ1) is 17.2.